The number of hydrogen-bond donors (Lipinski definition) is 0. The van der Waals surface area contributed by atoms with E-state index in [1.807, 2.05) is 0 Å². The van der Waals surface area contributed by atoms with Crippen LogP contribution >= 0.6 is 0 Å². The van der Waals surface area contributed by atoms with Crippen LogP contribution in [0.25, 0.3) is 0 Å². The molecule has 1 rings (SSSR count). The van der Waals surface area contributed by atoms with Crippen LogP contribution in [0.3, 0.4) is 0 Å². The highest BCUT2D eigenvalue weighted by atomic mass is 19.4. The van der Waals surface area contributed by atoms with Gasteiger partial charge in [0, 0.05) is 18.0 Å². The molecule has 0 saturated carbocycles. The van der Waals surface area contributed by atoms with E-state index >= 15 is 0 Å². The van der Waals surface area contributed by atoms with Gasteiger partial charge in [0.1, 0.15) is 6.54 Å². The Morgan fingerprint density at radius 3 is 2.89 bits per heavy atom. The Morgan fingerprint density at radius 2 is 2.28 bits per heavy atom. The second-order valence-electron chi connectivity index (χ2n) is 3.21. The standard InChI is InChI=1S/C11H11F3N2O2/c1-2-18-9(17)7-15-6-8-4-3-5-16-10(8)11(12,13)14/h3-6H,2,7H2,1H3. The summed E-state index contributed by atoms with van der Waals surface area (Å²) in [4.78, 5) is 17.8. The van der Waals surface area contributed by atoms with Gasteiger partial charge in [0.05, 0.1) is 6.61 Å². The molecule has 0 N–H and O–H groups in total. The lowest BCUT2D eigenvalue weighted by molar-refractivity contribution is -0.141. The Balaban J connectivity index is 2.79. The first kappa shape index (κ1) is 14.1. The summed E-state index contributed by atoms with van der Waals surface area (Å²) >= 11 is 0. The number of hydrogen-bond acceptors (Lipinski definition) is 4. The van der Waals surface area contributed by atoms with Crippen molar-refractivity contribution in [2.24, 2.45) is 4.99 Å². The van der Waals surface area contributed by atoms with Gasteiger partial charge >= 0.3 is 12.1 Å². The molecule has 1 aromatic heterocycles. The normalized spacial score (nSPS) is 11.8. The van der Waals surface area contributed by atoms with Crippen molar-refractivity contribution in [3.8, 4) is 0 Å². The SMILES string of the molecule is CCOC(=O)CN=Cc1cccnc1C(F)(F)F. The van der Waals surface area contributed by atoms with Gasteiger partial charge in [-0.25, -0.2) is 0 Å². The fraction of sp³-hybridized carbons (Fsp3) is 0.364. The molecule has 0 unspecified atom stereocenters. The van der Waals surface area contributed by atoms with Gasteiger partial charge in [0.2, 0.25) is 0 Å². The number of rotatable bonds is 4. The van der Waals surface area contributed by atoms with Gasteiger partial charge in [-0.1, -0.05) is 0 Å². The molecule has 0 aliphatic carbocycles. The fourth-order valence-electron chi connectivity index (χ4n) is 1.18. The third-order valence-electron chi connectivity index (χ3n) is 1.86. The Hall–Kier alpha value is -1.92. The number of carbonyl (C=O) groups excluding carboxylic acids is 1. The lowest BCUT2D eigenvalue weighted by Crippen LogP contribution is -2.12. The molecule has 0 fully saturated rings. The van der Waals surface area contributed by atoms with Crippen LogP contribution in [-0.2, 0) is 15.7 Å². The summed E-state index contributed by atoms with van der Waals surface area (Å²) in [5.74, 6) is -0.591. The van der Waals surface area contributed by atoms with Gasteiger partial charge in [0.15, 0.2) is 5.69 Å². The third kappa shape index (κ3) is 4.15. The molecule has 0 spiro atoms. The number of aromatic nitrogens is 1. The summed E-state index contributed by atoms with van der Waals surface area (Å²) in [6, 6.07) is 2.59. The van der Waals surface area contributed by atoms with E-state index in [0.717, 1.165) is 12.4 Å². The highest BCUT2D eigenvalue weighted by molar-refractivity contribution is 5.83. The Morgan fingerprint density at radius 1 is 1.56 bits per heavy atom. The van der Waals surface area contributed by atoms with E-state index in [4.69, 9.17) is 0 Å². The number of nitrogens with zero attached hydrogens (tertiary/aromatic N) is 2. The first-order valence-corrected chi connectivity index (χ1v) is 5.12. The predicted octanol–water partition coefficient (Wildman–Crippen LogP) is 2.08. The lowest BCUT2D eigenvalue weighted by Gasteiger charge is -2.07. The summed E-state index contributed by atoms with van der Waals surface area (Å²) in [7, 11) is 0. The summed E-state index contributed by atoms with van der Waals surface area (Å²) in [6.07, 6.45) is -2.54. The van der Waals surface area contributed by atoms with Crippen molar-refractivity contribution < 1.29 is 22.7 Å². The molecule has 0 aliphatic heterocycles. The van der Waals surface area contributed by atoms with Gasteiger partial charge in [0.25, 0.3) is 0 Å². The van der Waals surface area contributed by atoms with E-state index in [9.17, 15) is 18.0 Å². The summed E-state index contributed by atoms with van der Waals surface area (Å²) < 4.78 is 42.2. The summed E-state index contributed by atoms with van der Waals surface area (Å²) in [5, 5.41) is 0. The Bertz CT molecular complexity index is 444. The molecule has 98 valence electrons. The van der Waals surface area contributed by atoms with E-state index < -0.39 is 17.8 Å². The van der Waals surface area contributed by atoms with E-state index in [0.29, 0.717) is 0 Å². The zero-order valence-corrected chi connectivity index (χ0v) is 9.57. The van der Waals surface area contributed by atoms with E-state index in [2.05, 4.69) is 14.7 Å². The maximum atomic E-state index is 12.5. The average Bonchev–Trinajstić information content (AvgIpc) is 2.28. The van der Waals surface area contributed by atoms with E-state index in [1.54, 1.807) is 6.92 Å². The molecule has 0 amide bonds. The maximum Gasteiger partial charge on any atom is 0.433 e. The van der Waals surface area contributed by atoms with Crippen LogP contribution in [0, 0.1) is 0 Å². The van der Waals surface area contributed by atoms with Crippen LogP contribution < -0.4 is 0 Å². The van der Waals surface area contributed by atoms with Crippen LogP contribution in [0.2, 0.25) is 0 Å². The van der Waals surface area contributed by atoms with Gasteiger partial charge in [-0.3, -0.25) is 14.8 Å². The van der Waals surface area contributed by atoms with Crippen molar-refractivity contribution >= 4 is 12.2 Å². The number of alkyl halides is 3. The van der Waals surface area contributed by atoms with Crippen molar-refractivity contribution in [1.29, 1.82) is 0 Å². The largest absolute Gasteiger partial charge is 0.465 e. The number of esters is 1. The molecule has 7 heteroatoms. The minimum Gasteiger partial charge on any atom is -0.465 e. The molecule has 1 heterocycles. The Labute approximate surface area is 102 Å². The first-order chi connectivity index (χ1) is 8.45. The van der Waals surface area contributed by atoms with Gasteiger partial charge in [-0.15, -0.1) is 0 Å². The minimum atomic E-state index is -4.55. The molecule has 0 bridgehead atoms. The van der Waals surface area contributed by atoms with Crippen molar-refractivity contribution in [2.45, 2.75) is 13.1 Å². The maximum absolute atomic E-state index is 12.5. The quantitative estimate of drug-likeness (QED) is 0.615. The fourth-order valence-corrected chi connectivity index (χ4v) is 1.18. The monoisotopic (exact) mass is 260 g/mol. The number of carbonyl (C=O) groups is 1. The van der Waals surface area contributed by atoms with Gasteiger partial charge in [-0.2, -0.15) is 13.2 Å². The Kier molecular flexibility index (Phi) is 4.82. The van der Waals surface area contributed by atoms with Crippen LogP contribution in [-0.4, -0.2) is 30.3 Å². The van der Waals surface area contributed by atoms with Crippen molar-refractivity contribution in [2.75, 3.05) is 13.2 Å². The topological polar surface area (TPSA) is 51.5 Å². The van der Waals surface area contributed by atoms with E-state index in [-0.39, 0.29) is 18.7 Å². The molecular formula is C11H11F3N2O2. The zero-order chi connectivity index (χ0) is 13.6. The highest BCUT2D eigenvalue weighted by Gasteiger charge is 2.34. The summed E-state index contributed by atoms with van der Waals surface area (Å²) in [6.45, 7) is 1.51. The number of aliphatic imine (C=N–C) groups is 1. The molecule has 18 heavy (non-hydrogen) atoms. The van der Waals surface area contributed by atoms with Crippen molar-refractivity contribution in [3.05, 3.63) is 29.6 Å². The molecule has 0 aliphatic rings. The molecule has 0 aromatic carbocycles. The highest BCUT2D eigenvalue weighted by Crippen LogP contribution is 2.29. The molecule has 0 atom stereocenters. The minimum absolute atomic E-state index is 0.186. The summed E-state index contributed by atoms with van der Waals surface area (Å²) in [5.41, 5.74) is -1.22. The average molecular weight is 260 g/mol. The second kappa shape index (κ2) is 6.13. The smallest absolute Gasteiger partial charge is 0.433 e. The molecule has 0 saturated heterocycles. The predicted molar refractivity (Wildman–Crippen MR) is 58.3 cm³/mol. The second-order valence-corrected chi connectivity index (χ2v) is 3.21. The van der Waals surface area contributed by atoms with Crippen LogP contribution in [0.5, 0.6) is 0 Å². The first-order valence-electron chi connectivity index (χ1n) is 5.12. The number of ether oxygens (including phenoxy) is 1. The molecule has 0 radical (unpaired) electrons. The van der Waals surface area contributed by atoms with Crippen molar-refractivity contribution in [3.63, 3.8) is 0 Å². The van der Waals surface area contributed by atoms with Crippen LogP contribution in [0.15, 0.2) is 23.3 Å². The number of pyridine rings is 1. The van der Waals surface area contributed by atoms with Gasteiger partial charge in [-0.05, 0) is 19.1 Å². The lowest BCUT2D eigenvalue weighted by atomic mass is 10.2. The zero-order valence-electron chi connectivity index (χ0n) is 9.57. The number of halogens is 3. The third-order valence-corrected chi connectivity index (χ3v) is 1.86. The van der Waals surface area contributed by atoms with Crippen molar-refractivity contribution in [1.82, 2.24) is 4.98 Å². The molecule has 4 nitrogen and oxygen atoms in total. The van der Waals surface area contributed by atoms with Crippen LogP contribution in [0.1, 0.15) is 18.2 Å². The van der Waals surface area contributed by atoms with Crippen LogP contribution in [0.4, 0.5) is 13.2 Å². The van der Waals surface area contributed by atoms with Gasteiger partial charge < -0.3 is 4.74 Å². The van der Waals surface area contributed by atoms with E-state index in [1.165, 1.54) is 12.1 Å². The molecule has 1 aromatic rings. The molecular weight excluding hydrogens is 249 g/mol.